The van der Waals surface area contributed by atoms with E-state index in [1.165, 1.54) is 0 Å². The minimum atomic E-state index is -0.736. The summed E-state index contributed by atoms with van der Waals surface area (Å²) in [6, 6.07) is 5.53. The number of carbonyl (C=O) groups excluding carboxylic acids is 2. The number of hydrogen-bond acceptors (Lipinski definition) is 5. The molecule has 0 saturated carbocycles. The number of ether oxygens (including phenoxy) is 2. The van der Waals surface area contributed by atoms with Gasteiger partial charge >= 0.3 is 0 Å². The van der Waals surface area contributed by atoms with Crippen molar-refractivity contribution in [2.75, 3.05) is 26.4 Å². The van der Waals surface area contributed by atoms with Crippen LogP contribution in [0.25, 0.3) is 11.4 Å². The van der Waals surface area contributed by atoms with Crippen LogP contribution in [0.4, 0.5) is 0 Å². The average molecular weight is 421 g/mol. The minimum absolute atomic E-state index is 0.0322. The van der Waals surface area contributed by atoms with Gasteiger partial charge < -0.3 is 25.1 Å². The van der Waals surface area contributed by atoms with Gasteiger partial charge in [-0.15, -0.1) is 0 Å². The second-order valence-corrected chi connectivity index (χ2v) is 7.17. The van der Waals surface area contributed by atoms with Gasteiger partial charge in [-0.1, -0.05) is 15.9 Å². The Balaban J connectivity index is 1.77. The summed E-state index contributed by atoms with van der Waals surface area (Å²) >= 11 is 3.43. The molecule has 2 aliphatic rings. The van der Waals surface area contributed by atoms with E-state index in [9.17, 15) is 9.59 Å². The van der Waals surface area contributed by atoms with Crippen LogP contribution in [-0.4, -0.2) is 47.7 Å². The number of benzene rings is 1. The molecule has 1 fully saturated rings. The Morgan fingerprint density at radius 3 is 2.88 bits per heavy atom. The molecule has 8 nitrogen and oxygen atoms in total. The summed E-state index contributed by atoms with van der Waals surface area (Å²) in [5.41, 5.74) is 6.33. The van der Waals surface area contributed by atoms with Gasteiger partial charge in [0.1, 0.15) is 23.9 Å². The van der Waals surface area contributed by atoms with Crippen LogP contribution < -0.4 is 15.8 Å². The highest BCUT2D eigenvalue weighted by molar-refractivity contribution is 9.10. The number of nitrogens with one attached hydrogen (secondary N) is 1. The Morgan fingerprint density at radius 1 is 1.38 bits per heavy atom. The summed E-state index contributed by atoms with van der Waals surface area (Å²) in [5.74, 6) is 0.321. The number of carbonyl (C=O) groups is 2. The number of halogens is 1. The van der Waals surface area contributed by atoms with Crippen LogP contribution in [0.3, 0.4) is 0 Å². The topological polar surface area (TPSA) is 108 Å². The van der Waals surface area contributed by atoms with Crippen molar-refractivity contribution in [2.24, 2.45) is 11.7 Å². The molecule has 3 heterocycles. The number of imidazole rings is 1. The first-order valence-corrected chi connectivity index (χ1v) is 9.03. The first-order valence-electron chi connectivity index (χ1n) is 8.23. The van der Waals surface area contributed by atoms with E-state index in [-0.39, 0.29) is 17.3 Å². The maximum Gasteiger partial charge on any atom is 0.270 e. The summed E-state index contributed by atoms with van der Waals surface area (Å²) < 4.78 is 13.4. The van der Waals surface area contributed by atoms with E-state index < -0.39 is 5.91 Å². The molecule has 3 N–H and O–H groups in total. The van der Waals surface area contributed by atoms with E-state index in [0.717, 1.165) is 4.47 Å². The Hall–Kier alpha value is -2.39. The molecular weight excluding hydrogens is 404 g/mol. The van der Waals surface area contributed by atoms with Gasteiger partial charge in [0, 0.05) is 16.9 Å². The Morgan fingerprint density at radius 2 is 2.19 bits per heavy atom. The van der Waals surface area contributed by atoms with Gasteiger partial charge in [-0.05, 0) is 18.2 Å². The number of nitrogens with two attached hydrogens (primary N) is 1. The lowest BCUT2D eigenvalue weighted by atomic mass is 10.1. The van der Waals surface area contributed by atoms with Gasteiger partial charge in [0.05, 0.1) is 25.3 Å². The molecule has 0 radical (unpaired) electrons. The zero-order valence-corrected chi connectivity index (χ0v) is 15.4. The zero-order valence-electron chi connectivity index (χ0n) is 13.8. The molecule has 1 aromatic heterocycles. The van der Waals surface area contributed by atoms with Crippen molar-refractivity contribution in [1.82, 2.24) is 14.9 Å². The lowest BCUT2D eigenvalue weighted by Crippen LogP contribution is -2.40. The van der Waals surface area contributed by atoms with Crippen molar-refractivity contribution in [2.45, 2.75) is 6.54 Å². The summed E-state index contributed by atoms with van der Waals surface area (Å²) in [6.07, 6.45) is 0. The predicted molar refractivity (Wildman–Crippen MR) is 96.0 cm³/mol. The highest BCUT2D eigenvalue weighted by Crippen LogP contribution is 2.35. The number of nitrogens with zero attached hydrogens (tertiary/aromatic N) is 2. The number of primary amides is 1. The molecule has 2 amide bonds. The Kier molecular flexibility index (Phi) is 4.41. The van der Waals surface area contributed by atoms with E-state index >= 15 is 0 Å². The highest BCUT2D eigenvalue weighted by atomic mass is 79.9. The molecule has 2 aliphatic heterocycles. The van der Waals surface area contributed by atoms with Crippen LogP contribution >= 0.6 is 15.9 Å². The highest BCUT2D eigenvalue weighted by Gasteiger charge is 2.30. The molecule has 26 heavy (non-hydrogen) atoms. The number of fused-ring (bicyclic) bond motifs is 3. The Bertz CT molecular complexity index is 891. The first kappa shape index (κ1) is 17.0. The van der Waals surface area contributed by atoms with E-state index in [0.29, 0.717) is 56.0 Å². The standard InChI is InChI=1S/C17H17BrN4O4/c18-10-1-2-12-11(5-10)16-21-13(15(19)23)14(22(16)3-4-26-12)17(24)20-6-9-7-25-8-9/h1-2,5,9H,3-4,6-8H2,(H2,19,23)(H,20,24). The van der Waals surface area contributed by atoms with Crippen molar-refractivity contribution in [3.63, 3.8) is 0 Å². The van der Waals surface area contributed by atoms with E-state index in [1.54, 1.807) is 4.57 Å². The van der Waals surface area contributed by atoms with E-state index in [2.05, 4.69) is 26.2 Å². The number of hydrogen-bond donors (Lipinski definition) is 2. The molecular formula is C17H17BrN4O4. The maximum atomic E-state index is 12.8. The van der Waals surface area contributed by atoms with E-state index in [4.69, 9.17) is 15.2 Å². The second kappa shape index (κ2) is 6.73. The van der Waals surface area contributed by atoms with Crippen molar-refractivity contribution in [1.29, 1.82) is 0 Å². The monoisotopic (exact) mass is 420 g/mol. The second-order valence-electron chi connectivity index (χ2n) is 6.25. The van der Waals surface area contributed by atoms with Gasteiger partial charge in [-0.25, -0.2) is 4.98 Å². The van der Waals surface area contributed by atoms with Crippen LogP contribution in [0.1, 0.15) is 21.0 Å². The van der Waals surface area contributed by atoms with Gasteiger partial charge in [-0.2, -0.15) is 0 Å². The normalized spacial score (nSPS) is 15.9. The molecule has 9 heteroatoms. The van der Waals surface area contributed by atoms with Gasteiger partial charge in [0.15, 0.2) is 5.69 Å². The molecule has 4 rings (SSSR count). The third-order valence-corrected chi connectivity index (χ3v) is 4.92. The maximum absolute atomic E-state index is 12.8. The van der Waals surface area contributed by atoms with Gasteiger partial charge in [0.2, 0.25) is 0 Å². The quantitative estimate of drug-likeness (QED) is 0.771. The Labute approximate surface area is 157 Å². The number of rotatable bonds is 4. The smallest absolute Gasteiger partial charge is 0.270 e. The summed E-state index contributed by atoms with van der Waals surface area (Å²) in [6.45, 7) is 2.48. The molecule has 0 spiro atoms. The lowest BCUT2D eigenvalue weighted by molar-refractivity contribution is -0.0299. The van der Waals surface area contributed by atoms with Crippen molar-refractivity contribution in [3.05, 3.63) is 34.1 Å². The summed E-state index contributed by atoms with van der Waals surface area (Å²) in [7, 11) is 0. The van der Waals surface area contributed by atoms with Crippen LogP contribution in [-0.2, 0) is 11.3 Å². The molecule has 0 atom stereocenters. The molecule has 0 bridgehead atoms. The lowest BCUT2D eigenvalue weighted by Gasteiger charge is -2.26. The van der Waals surface area contributed by atoms with Crippen LogP contribution in [0.2, 0.25) is 0 Å². The number of amides is 2. The molecule has 0 aliphatic carbocycles. The van der Waals surface area contributed by atoms with Gasteiger partial charge in [0.25, 0.3) is 11.8 Å². The molecule has 2 aromatic rings. The fourth-order valence-electron chi connectivity index (χ4n) is 3.05. The third kappa shape index (κ3) is 2.97. The molecule has 0 unspecified atom stereocenters. The predicted octanol–water partition coefficient (Wildman–Crippen LogP) is 1.18. The van der Waals surface area contributed by atoms with Crippen LogP contribution in [0, 0.1) is 5.92 Å². The zero-order chi connectivity index (χ0) is 18.3. The third-order valence-electron chi connectivity index (χ3n) is 4.43. The molecule has 1 saturated heterocycles. The largest absolute Gasteiger partial charge is 0.491 e. The van der Waals surface area contributed by atoms with Crippen molar-refractivity contribution < 1.29 is 19.1 Å². The van der Waals surface area contributed by atoms with Crippen LogP contribution in [0.5, 0.6) is 5.75 Å². The summed E-state index contributed by atoms with van der Waals surface area (Å²) in [4.78, 5) is 29.1. The summed E-state index contributed by atoms with van der Waals surface area (Å²) in [5, 5.41) is 2.85. The SMILES string of the molecule is NC(=O)c1nc2n(c1C(=O)NCC1COC1)CCOc1ccc(Br)cc1-2. The van der Waals surface area contributed by atoms with E-state index in [1.807, 2.05) is 18.2 Å². The average Bonchev–Trinajstić information content (AvgIpc) is 2.86. The molecule has 136 valence electrons. The minimum Gasteiger partial charge on any atom is -0.491 e. The number of aromatic nitrogens is 2. The van der Waals surface area contributed by atoms with Crippen LogP contribution in [0.15, 0.2) is 22.7 Å². The fourth-order valence-corrected chi connectivity index (χ4v) is 3.41. The molecule has 1 aromatic carbocycles. The first-order chi connectivity index (χ1) is 12.5. The van der Waals surface area contributed by atoms with Crippen molar-refractivity contribution in [3.8, 4) is 17.1 Å². The van der Waals surface area contributed by atoms with Gasteiger partial charge in [-0.3, -0.25) is 9.59 Å². The van der Waals surface area contributed by atoms with Crippen molar-refractivity contribution >= 4 is 27.7 Å². The fraction of sp³-hybridized carbons (Fsp3) is 0.353.